The van der Waals surface area contributed by atoms with Crippen molar-refractivity contribution in [1.29, 1.82) is 0 Å². The second-order valence-corrected chi connectivity index (χ2v) is 17.2. The molecule has 1 aliphatic heterocycles. The Morgan fingerprint density at radius 2 is 1.60 bits per heavy atom. The van der Waals surface area contributed by atoms with E-state index in [-0.39, 0.29) is 37.6 Å². The topological polar surface area (TPSA) is 146 Å². The zero-order chi connectivity index (χ0) is 45.0. The molecule has 0 bridgehead atoms. The molecule has 2 aliphatic carbocycles. The molecule has 2 aromatic rings. The highest BCUT2D eigenvalue weighted by Crippen LogP contribution is 2.62. The third kappa shape index (κ3) is 12.7. The van der Waals surface area contributed by atoms with Crippen LogP contribution in [0.4, 0.5) is 4.79 Å². The Morgan fingerprint density at radius 1 is 0.921 bits per heavy atom. The number of hydrogen-bond donors (Lipinski definition) is 2. The first kappa shape index (κ1) is 49.6. The van der Waals surface area contributed by atoms with E-state index in [0.29, 0.717) is 61.0 Å². The zero-order valence-corrected chi connectivity index (χ0v) is 38.4. The van der Waals surface area contributed by atoms with Crippen LogP contribution in [0.3, 0.4) is 0 Å². The Morgan fingerprint density at radius 3 is 2.27 bits per heavy atom. The number of allylic oxidation sites excluding steroid dienone is 1. The lowest BCUT2D eigenvalue weighted by atomic mass is 9.55. The molecule has 3 aliphatic rings. The van der Waals surface area contributed by atoms with Crippen LogP contribution >= 0.6 is 0 Å². The molecule has 1 fully saturated rings. The lowest BCUT2D eigenvalue weighted by Gasteiger charge is -2.59. The van der Waals surface area contributed by atoms with E-state index < -0.39 is 23.8 Å². The molecule has 6 atom stereocenters. The zero-order valence-electron chi connectivity index (χ0n) is 38.4. The smallest absolute Gasteiger partial charge is 0.409 e. The fourth-order valence-electron chi connectivity index (χ4n) is 9.92. The van der Waals surface area contributed by atoms with Gasteiger partial charge in [0.15, 0.2) is 6.29 Å². The average molecular weight is 875 g/mol. The van der Waals surface area contributed by atoms with Crippen LogP contribution < -0.4 is 14.2 Å². The summed E-state index contributed by atoms with van der Waals surface area (Å²) in [5, 5.41) is 24.5. The van der Waals surface area contributed by atoms with E-state index >= 15 is 0 Å². The largest absolute Gasteiger partial charge is 0.496 e. The number of benzene rings is 2. The first-order valence-corrected chi connectivity index (χ1v) is 23.7. The molecule has 6 unspecified atom stereocenters. The van der Waals surface area contributed by atoms with E-state index in [1.54, 1.807) is 36.2 Å². The number of methoxy groups -OCH3 is 1. The van der Waals surface area contributed by atoms with Crippen molar-refractivity contribution in [1.82, 2.24) is 4.90 Å². The molecule has 1 heterocycles. The molecule has 12 heteroatoms. The summed E-state index contributed by atoms with van der Waals surface area (Å²) in [6, 6.07) is 10.2. The van der Waals surface area contributed by atoms with Crippen molar-refractivity contribution in [3.63, 3.8) is 0 Å². The second kappa shape index (κ2) is 25.8. The number of rotatable bonds is 29. The van der Waals surface area contributed by atoms with Crippen molar-refractivity contribution < 1.29 is 48.3 Å². The molecule has 0 spiro atoms. The standard InChI is InChI=1S/C51H74N2O10/c1-6-9-10-11-12-13-14-15-16-21-31-59-50(57)53(4)47-35-44(52-61-8-3)42-33-37(22-17-19-28-54)41(23-18-20-29-55)48-43-34-40(62-39-24-26-45(58-5)38(32-39)36-56)25-27-46(43)63-51(47,49(42)48)60-30-7-2/h7,24-27,32-34,36-37,41,47-49,54-55H,2,6,8-23,28-31,35H2,1,3-5H3. The third-order valence-corrected chi connectivity index (χ3v) is 13.0. The molecule has 63 heavy (non-hydrogen) atoms. The van der Waals surface area contributed by atoms with Gasteiger partial charge in [-0.2, -0.15) is 0 Å². The summed E-state index contributed by atoms with van der Waals surface area (Å²) in [5.74, 6) is 0.195. The number of nitrogens with zero attached hydrogens (tertiary/aromatic N) is 2. The molecule has 5 rings (SSSR count). The minimum atomic E-state index is -1.38. The van der Waals surface area contributed by atoms with Gasteiger partial charge in [0.25, 0.3) is 0 Å². The first-order valence-electron chi connectivity index (χ1n) is 23.7. The summed E-state index contributed by atoms with van der Waals surface area (Å²) in [6.45, 7) is 9.19. The van der Waals surface area contributed by atoms with Gasteiger partial charge in [-0.3, -0.25) is 4.79 Å². The van der Waals surface area contributed by atoms with E-state index in [2.05, 4.69) is 19.6 Å². The van der Waals surface area contributed by atoms with E-state index in [0.717, 1.165) is 68.1 Å². The normalized spacial score (nSPS) is 22.9. The van der Waals surface area contributed by atoms with Crippen LogP contribution in [0.2, 0.25) is 0 Å². The van der Waals surface area contributed by atoms with Gasteiger partial charge >= 0.3 is 6.09 Å². The number of oxime groups is 1. The molecular formula is C51H74N2O10. The Labute approximate surface area is 376 Å². The van der Waals surface area contributed by atoms with Crippen LogP contribution in [-0.2, 0) is 14.3 Å². The number of amides is 1. The Bertz CT molecular complexity index is 1810. The Balaban J connectivity index is 1.54. The number of carbonyl (C=O) groups is 2. The average Bonchev–Trinajstić information content (AvgIpc) is 3.30. The summed E-state index contributed by atoms with van der Waals surface area (Å²) in [6.07, 6.45) is 21.0. The highest BCUT2D eigenvalue weighted by molar-refractivity contribution is 6.03. The Kier molecular flexibility index (Phi) is 20.3. The summed E-state index contributed by atoms with van der Waals surface area (Å²) in [4.78, 5) is 33.5. The van der Waals surface area contributed by atoms with Gasteiger partial charge < -0.3 is 43.6 Å². The number of carbonyl (C=O) groups excluding carboxylic acids is 2. The van der Waals surface area contributed by atoms with Gasteiger partial charge in [-0.1, -0.05) is 94.9 Å². The quantitative estimate of drug-likeness (QED) is 0.0350. The third-order valence-electron chi connectivity index (χ3n) is 13.0. The van der Waals surface area contributed by atoms with Gasteiger partial charge in [-0.15, -0.1) is 6.58 Å². The van der Waals surface area contributed by atoms with Gasteiger partial charge in [-0.05, 0) is 92.8 Å². The number of aldehydes is 1. The maximum atomic E-state index is 14.1. The molecule has 0 saturated heterocycles. The van der Waals surface area contributed by atoms with E-state index in [1.165, 1.54) is 52.1 Å². The number of unbranched alkanes of at least 4 members (excludes halogenated alkanes) is 11. The SMILES string of the molecule is C=CCOC12Oc3ccc(Oc4ccc(OC)c(C=O)c4)cc3C3C(CCCCO)C(CCCCO)C=C(C(=NOCC)CC1N(C)C(=O)OCCCCCCCCCCCC)C32. The first-order chi connectivity index (χ1) is 30.8. The molecule has 1 amide bonds. The second-order valence-electron chi connectivity index (χ2n) is 17.2. The molecule has 2 aromatic carbocycles. The van der Waals surface area contributed by atoms with Crippen molar-refractivity contribution in [3.05, 3.63) is 71.8 Å². The fraction of sp³-hybridized carbons (Fsp3) is 0.627. The van der Waals surface area contributed by atoms with Crippen molar-refractivity contribution >= 4 is 18.1 Å². The van der Waals surface area contributed by atoms with Crippen molar-refractivity contribution in [2.75, 3.05) is 47.2 Å². The molecular weight excluding hydrogens is 801 g/mol. The fourth-order valence-corrected chi connectivity index (χ4v) is 9.92. The van der Waals surface area contributed by atoms with Gasteiger partial charge in [0.1, 0.15) is 35.6 Å². The number of hydrogen-bond acceptors (Lipinski definition) is 11. The molecule has 1 saturated carbocycles. The highest BCUT2D eigenvalue weighted by atomic mass is 16.7. The van der Waals surface area contributed by atoms with Crippen LogP contribution in [0.5, 0.6) is 23.0 Å². The van der Waals surface area contributed by atoms with Crippen LogP contribution in [0.15, 0.2) is 65.9 Å². The maximum Gasteiger partial charge on any atom is 0.409 e. The lowest BCUT2D eigenvalue weighted by Crippen LogP contribution is -2.69. The van der Waals surface area contributed by atoms with Gasteiger partial charge in [0, 0.05) is 38.2 Å². The van der Waals surface area contributed by atoms with E-state index in [4.69, 9.17) is 33.7 Å². The summed E-state index contributed by atoms with van der Waals surface area (Å²) in [7, 11) is 3.27. The molecule has 0 radical (unpaired) electrons. The van der Waals surface area contributed by atoms with Gasteiger partial charge in [-0.25, -0.2) is 4.79 Å². The minimum Gasteiger partial charge on any atom is -0.496 e. The predicted molar refractivity (Wildman–Crippen MR) is 246 cm³/mol. The van der Waals surface area contributed by atoms with Crippen molar-refractivity contribution in [2.45, 2.75) is 141 Å². The summed E-state index contributed by atoms with van der Waals surface area (Å²) in [5.41, 5.74) is 2.98. The van der Waals surface area contributed by atoms with Crippen LogP contribution in [-0.4, -0.2) is 92.2 Å². The number of ether oxygens (including phenoxy) is 5. The van der Waals surface area contributed by atoms with Crippen molar-refractivity contribution in [2.24, 2.45) is 22.9 Å². The number of aliphatic hydroxyl groups is 2. The Hall–Kier alpha value is -4.39. The monoisotopic (exact) mass is 875 g/mol. The minimum absolute atomic E-state index is 0.0527. The van der Waals surface area contributed by atoms with Gasteiger partial charge in [0.2, 0.25) is 5.79 Å². The number of fused-ring (bicyclic) bond motifs is 2. The van der Waals surface area contributed by atoms with E-state index in [1.807, 2.05) is 25.1 Å². The van der Waals surface area contributed by atoms with E-state index in [9.17, 15) is 19.8 Å². The number of likely N-dealkylation sites (N-methyl/N-ethyl adjacent to an activating group) is 1. The molecule has 2 N–H and O–H groups in total. The summed E-state index contributed by atoms with van der Waals surface area (Å²) < 4.78 is 32.0. The molecule has 348 valence electrons. The lowest BCUT2D eigenvalue weighted by molar-refractivity contribution is -0.253. The predicted octanol–water partition coefficient (Wildman–Crippen LogP) is 10.9. The highest BCUT2D eigenvalue weighted by Gasteiger charge is 2.65. The summed E-state index contributed by atoms with van der Waals surface area (Å²) >= 11 is 0. The number of aliphatic hydroxyl groups excluding tert-OH is 2. The van der Waals surface area contributed by atoms with Crippen LogP contribution in [0, 0.1) is 17.8 Å². The molecule has 12 nitrogen and oxygen atoms in total. The molecule has 0 aromatic heterocycles. The van der Waals surface area contributed by atoms with Gasteiger partial charge in [0.05, 0.1) is 37.5 Å². The van der Waals surface area contributed by atoms with Crippen LogP contribution in [0.25, 0.3) is 0 Å². The van der Waals surface area contributed by atoms with Crippen molar-refractivity contribution in [3.8, 4) is 23.0 Å². The van der Waals surface area contributed by atoms with Crippen LogP contribution in [0.1, 0.15) is 145 Å². The maximum absolute atomic E-state index is 14.1.